The normalized spacial score (nSPS) is 15.0. The number of fused-ring (bicyclic) bond motifs is 1. The number of amidine groups is 1. The van der Waals surface area contributed by atoms with E-state index in [1.54, 1.807) is 41.1 Å². The number of phenols is 1. The van der Waals surface area contributed by atoms with Gasteiger partial charge in [0, 0.05) is 55.4 Å². The average molecular weight is 616 g/mol. The van der Waals surface area contributed by atoms with Gasteiger partial charge in [-0.3, -0.25) is 19.8 Å². The van der Waals surface area contributed by atoms with Crippen molar-refractivity contribution >= 4 is 40.4 Å². The number of Topliss-reactive ketones (excluding diaryl/α,β-unsaturated/α-hetero) is 1. The van der Waals surface area contributed by atoms with E-state index in [9.17, 15) is 19.5 Å². The summed E-state index contributed by atoms with van der Waals surface area (Å²) in [5.41, 5.74) is 2.96. The predicted octanol–water partition coefficient (Wildman–Crippen LogP) is 4.56. The molecule has 2 amide bonds. The van der Waals surface area contributed by atoms with Crippen LogP contribution in [0.25, 0.3) is 0 Å². The van der Waals surface area contributed by atoms with E-state index < -0.39 is 5.41 Å². The third-order valence-corrected chi connectivity index (χ3v) is 7.35. The lowest BCUT2D eigenvalue weighted by Gasteiger charge is -2.29. The zero-order valence-corrected chi connectivity index (χ0v) is 25.6. The van der Waals surface area contributed by atoms with E-state index in [0.29, 0.717) is 59.7 Å². The molecule has 0 aliphatic carbocycles. The summed E-state index contributed by atoms with van der Waals surface area (Å²) in [5, 5.41) is 22.5. The van der Waals surface area contributed by atoms with Crippen molar-refractivity contribution in [1.29, 1.82) is 5.41 Å². The van der Waals surface area contributed by atoms with Gasteiger partial charge in [0.25, 0.3) is 5.91 Å². The van der Waals surface area contributed by atoms with Gasteiger partial charge in [0.1, 0.15) is 17.3 Å². The van der Waals surface area contributed by atoms with E-state index >= 15 is 0 Å². The molecule has 2 aromatic carbocycles. The number of ketones is 1. The van der Waals surface area contributed by atoms with Crippen molar-refractivity contribution in [3.63, 3.8) is 0 Å². The van der Waals surface area contributed by atoms with Crippen molar-refractivity contribution in [3.8, 4) is 11.5 Å². The van der Waals surface area contributed by atoms with Crippen LogP contribution in [0.5, 0.6) is 11.5 Å². The van der Waals surface area contributed by atoms with Crippen LogP contribution in [0.2, 0.25) is 0 Å². The molecule has 0 aromatic heterocycles. The lowest BCUT2D eigenvalue weighted by atomic mass is 9.83. The van der Waals surface area contributed by atoms with Crippen LogP contribution >= 0.6 is 17.0 Å². The van der Waals surface area contributed by atoms with Gasteiger partial charge in [-0.2, -0.15) is 0 Å². The fourth-order valence-electron chi connectivity index (χ4n) is 5.20. The highest BCUT2D eigenvalue weighted by atomic mass is 79.9. The number of nitrogens with zero attached hydrogens (tertiary/aromatic N) is 2. The SMILES string of the molecule is Br.CCOc1cc2c(cc1C(=O)NC)C(=N)N(CC(=O)c1cc(CN3CCCCC3=O)c(O)c(C(C)(C)C)c1)C2. The van der Waals surface area contributed by atoms with E-state index in [1.807, 2.05) is 27.7 Å². The molecule has 2 aromatic rings. The Labute approximate surface area is 246 Å². The summed E-state index contributed by atoms with van der Waals surface area (Å²) in [7, 11) is 1.54. The van der Waals surface area contributed by atoms with Gasteiger partial charge in [0.2, 0.25) is 5.91 Å². The molecule has 0 unspecified atom stereocenters. The number of hydrogen-bond acceptors (Lipinski definition) is 6. The first kappa shape index (κ1) is 31.1. The van der Waals surface area contributed by atoms with Crippen LogP contribution in [0.4, 0.5) is 0 Å². The van der Waals surface area contributed by atoms with E-state index in [-0.39, 0.29) is 59.3 Å². The monoisotopic (exact) mass is 614 g/mol. The largest absolute Gasteiger partial charge is 0.507 e. The Kier molecular flexibility index (Phi) is 9.66. The molecule has 0 spiro atoms. The number of nitrogens with one attached hydrogen (secondary N) is 2. The van der Waals surface area contributed by atoms with Gasteiger partial charge >= 0.3 is 0 Å². The summed E-state index contributed by atoms with van der Waals surface area (Å²) >= 11 is 0. The van der Waals surface area contributed by atoms with Crippen molar-refractivity contribution in [1.82, 2.24) is 15.1 Å². The molecule has 0 bridgehead atoms. The van der Waals surface area contributed by atoms with Gasteiger partial charge < -0.3 is 25.0 Å². The lowest BCUT2D eigenvalue weighted by molar-refractivity contribution is -0.133. The number of rotatable bonds is 8. The summed E-state index contributed by atoms with van der Waals surface area (Å²) in [6, 6.07) is 6.83. The highest BCUT2D eigenvalue weighted by Gasteiger charge is 2.31. The smallest absolute Gasteiger partial charge is 0.254 e. The molecule has 2 heterocycles. The second-order valence-electron chi connectivity index (χ2n) is 11.2. The van der Waals surface area contributed by atoms with Gasteiger partial charge in [-0.05, 0) is 55.0 Å². The number of hydrogen-bond donors (Lipinski definition) is 3. The Balaban J connectivity index is 0.00000441. The number of amides is 2. The van der Waals surface area contributed by atoms with E-state index in [1.165, 1.54) is 0 Å². The van der Waals surface area contributed by atoms with Gasteiger partial charge in [0.15, 0.2) is 5.78 Å². The molecule has 1 saturated heterocycles. The van der Waals surface area contributed by atoms with Crippen molar-refractivity contribution in [3.05, 3.63) is 57.6 Å². The molecule has 3 N–H and O–H groups in total. The summed E-state index contributed by atoms with van der Waals surface area (Å²) < 4.78 is 5.68. The van der Waals surface area contributed by atoms with Crippen LogP contribution in [-0.4, -0.2) is 65.1 Å². The first-order chi connectivity index (χ1) is 18.4. The number of carbonyl (C=O) groups is 3. The van der Waals surface area contributed by atoms with Gasteiger partial charge in [-0.15, -0.1) is 17.0 Å². The molecular weight excluding hydrogens is 576 g/mol. The Morgan fingerprint density at radius 3 is 2.48 bits per heavy atom. The summed E-state index contributed by atoms with van der Waals surface area (Å²) in [4.78, 5) is 41.9. The van der Waals surface area contributed by atoms with Crippen LogP contribution in [-0.2, 0) is 23.3 Å². The molecular formula is C30H39BrN4O5. The average Bonchev–Trinajstić information content (AvgIpc) is 3.18. The maximum Gasteiger partial charge on any atom is 0.254 e. The number of piperidine rings is 1. The molecule has 4 rings (SSSR count). The highest BCUT2D eigenvalue weighted by molar-refractivity contribution is 8.93. The first-order valence-corrected chi connectivity index (χ1v) is 13.5. The number of carbonyl (C=O) groups excluding carboxylic acids is 3. The standard InChI is InChI=1S/C30H38N4O5.BrH/c1-6-39-25-13-19-15-34(28(31)21(19)14-22(25)29(38)32-5)17-24(35)18-11-20(16-33-10-8-7-9-26(33)36)27(37)23(12-18)30(2,3)4;/h11-14,31,37H,6-10,15-17H2,1-5H3,(H,32,38);1H. The number of likely N-dealkylation sites (tertiary alicyclic amines) is 1. The minimum atomic E-state index is -0.427. The highest BCUT2D eigenvalue weighted by Crippen LogP contribution is 2.36. The molecule has 9 nitrogen and oxygen atoms in total. The first-order valence-electron chi connectivity index (χ1n) is 13.5. The Hall–Kier alpha value is -3.40. The molecule has 1 fully saturated rings. The zero-order valence-electron chi connectivity index (χ0n) is 23.8. The molecule has 2 aliphatic rings. The Morgan fingerprint density at radius 2 is 1.85 bits per heavy atom. The topological polar surface area (TPSA) is 123 Å². The molecule has 2 aliphatic heterocycles. The van der Waals surface area contributed by atoms with Crippen molar-refractivity contribution in [2.45, 2.75) is 65.5 Å². The Bertz CT molecular complexity index is 1330. The number of aromatic hydroxyl groups is 1. The summed E-state index contributed by atoms with van der Waals surface area (Å²) in [6.45, 7) is 9.33. The maximum atomic E-state index is 13.6. The van der Waals surface area contributed by atoms with Crippen LogP contribution in [0.1, 0.15) is 89.9 Å². The summed E-state index contributed by atoms with van der Waals surface area (Å²) in [5.74, 6) is 0.287. The van der Waals surface area contributed by atoms with Crippen LogP contribution in [0.15, 0.2) is 24.3 Å². The molecule has 0 radical (unpaired) electrons. The van der Waals surface area contributed by atoms with Crippen LogP contribution < -0.4 is 10.1 Å². The van der Waals surface area contributed by atoms with Gasteiger partial charge in [-0.1, -0.05) is 20.8 Å². The molecule has 0 saturated carbocycles. The number of ether oxygens (including phenoxy) is 1. The summed E-state index contributed by atoms with van der Waals surface area (Å²) in [6.07, 6.45) is 2.28. The lowest BCUT2D eigenvalue weighted by Crippen LogP contribution is -2.35. The van der Waals surface area contributed by atoms with Crippen molar-refractivity contribution in [2.75, 3.05) is 26.7 Å². The minimum Gasteiger partial charge on any atom is -0.507 e. The third kappa shape index (κ3) is 6.32. The number of phenolic OH excluding ortho intramolecular Hbond substituents is 1. The molecule has 10 heteroatoms. The van der Waals surface area contributed by atoms with E-state index in [2.05, 4.69) is 5.32 Å². The number of halogens is 1. The minimum absolute atomic E-state index is 0. The zero-order chi connectivity index (χ0) is 28.5. The quantitative estimate of drug-likeness (QED) is 0.375. The predicted molar refractivity (Wildman–Crippen MR) is 159 cm³/mol. The Morgan fingerprint density at radius 1 is 1.12 bits per heavy atom. The third-order valence-electron chi connectivity index (χ3n) is 7.35. The number of benzene rings is 2. The maximum absolute atomic E-state index is 13.6. The molecule has 40 heavy (non-hydrogen) atoms. The van der Waals surface area contributed by atoms with Crippen molar-refractivity contribution < 1.29 is 24.2 Å². The van der Waals surface area contributed by atoms with E-state index in [0.717, 1.165) is 18.4 Å². The molecule has 216 valence electrons. The fourth-order valence-corrected chi connectivity index (χ4v) is 5.20. The fraction of sp³-hybridized carbons (Fsp3) is 0.467. The van der Waals surface area contributed by atoms with Gasteiger partial charge in [0.05, 0.1) is 18.7 Å². The second kappa shape index (κ2) is 12.4. The van der Waals surface area contributed by atoms with Crippen LogP contribution in [0, 0.1) is 5.41 Å². The van der Waals surface area contributed by atoms with Crippen LogP contribution in [0.3, 0.4) is 0 Å². The van der Waals surface area contributed by atoms with Gasteiger partial charge in [-0.25, -0.2) is 0 Å². The van der Waals surface area contributed by atoms with Crippen molar-refractivity contribution in [2.24, 2.45) is 0 Å². The van der Waals surface area contributed by atoms with E-state index in [4.69, 9.17) is 10.1 Å². The second-order valence-corrected chi connectivity index (χ2v) is 11.2. The molecule has 0 atom stereocenters.